The topological polar surface area (TPSA) is 60.4 Å². The normalized spacial score (nSPS) is 10.7. The van der Waals surface area contributed by atoms with Gasteiger partial charge in [0.2, 0.25) is 0 Å². The molecule has 4 nitrogen and oxygen atoms in total. The van der Waals surface area contributed by atoms with Gasteiger partial charge >= 0.3 is 29.6 Å². The Hall–Kier alpha value is -0.0700. The van der Waals surface area contributed by atoms with Crippen molar-refractivity contribution in [3.8, 4) is 0 Å². The van der Waals surface area contributed by atoms with Crippen LogP contribution in [0.1, 0.15) is 13.8 Å². The Morgan fingerprint density at radius 1 is 1.25 bits per heavy atom. The third-order valence-corrected chi connectivity index (χ3v) is 3.07. The summed E-state index contributed by atoms with van der Waals surface area (Å²) in [5, 5.41) is 0. The molecule has 0 radical (unpaired) electrons. The minimum Gasteiger partial charge on any atom is -0.744 e. The molecule has 84 valence electrons. The molecule has 1 rings (SSSR count). The Bertz CT molecular complexity index is 429. The van der Waals surface area contributed by atoms with Gasteiger partial charge in [0.1, 0.15) is 10.1 Å². The van der Waals surface area contributed by atoms with Crippen LogP contribution in [0.3, 0.4) is 0 Å². The van der Waals surface area contributed by atoms with Crippen LogP contribution in [-0.2, 0) is 10.1 Å². The van der Waals surface area contributed by atoms with Crippen LogP contribution in [0.2, 0.25) is 0 Å². The molecule has 0 aliphatic heterocycles. The maximum Gasteiger partial charge on any atom is 1.00 e. The van der Waals surface area contributed by atoms with Gasteiger partial charge in [-0.25, -0.2) is 8.42 Å². The van der Waals surface area contributed by atoms with Crippen LogP contribution in [0.5, 0.6) is 0 Å². The van der Waals surface area contributed by atoms with E-state index in [4.69, 9.17) is 0 Å². The number of hydrogen-bond acceptors (Lipinski definition) is 4. The van der Waals surface area contributed by atoms with Crippen molar-refractivity contribution in [1.29, 1.82) is 0 Å². The molecular weight excluding hydrogens is 237 g/mol. The Balaban J connectivity index is 0.00000225. The van der Waals surface area contributed by atoms with E-state index in [2.05, 4.69) is 0 Å². The monoisotopic (exact) mass is 251 g/mol. The molecule has 0 spiro atoms. The average Bonchev–Trinajstić information content (AvgIpc) is 2.19. The minimum atomic E-state index is -4.35. The van der Waals surface area contributed by atoms with Crippen molar-refractivity contribution >= 4 is 15.8 Å². The Labute approximate surface area is 119 Å². The summed E-state index contributed by atoms with van der Waals surface area (Å²) in [4.78, 5) is 1.81. The molecule has 0 amide bonds. The zero-order chi connectivity index (χ0) is 11.5. The molecule has 0 N–H and O–H groups in total. The van der Waals surface area contributed by atoms with Crippen molar-refractivity contribution < 1.29 is 42.5 Å². The molecule has 0 heterocycles. The van der Waals surface area contributed by atoms with Crippen molar-refractivity contribution in [3.63, 3.8) is 0 Å². The molecule has 1 aromatic carbocycles. The fourth-order valence-corrected chi connectivity index (χ4v) is 1.93. The molecule has 16 heavy (non-hydrogen) atoms. The smallest absolute Gasteiger partial charge is 0.744 e. The molecule has 0 saturated heterocycles. The van der Waals surface area contributed by atoms with Gasteiger partial charge in [0, 0.05) is 18.8 Å². The molecule has 0 fully saturated rings. The second kappa shape index (κ2) is 6.61. The zero-order valence-corrected chi connectivity index (χ0v) is 12.6. The SMILES string of the molecule is CCN(CC)c1cccc(S(=O)(=O)[O-])c1.[Na+]. The van der Waals surface area contributed by atoms with Gasteiger partial charge in [-0.15, -0.1) is 0 Å². The largest absolute Gasteiger partial charge is 1.00 e. The third kappa shape index (κ3) is 4.07. The maximum absolute atomic E-state index is 10.8. The maximum atomic E-state index is 10.8. The summed E-state index contributed by atoms with van der Waals surface area (Å²) in [6.45, 7) is 5.50. The van der Waals surface area contributed by atoms with Crippen molar-refractivity contribution in [2.24, 2.45) is 0 Å². The van der Waals surface area contributed by atoms with Gasteiger partial charge in [-0.2, -0.15) is 0 Å². The standard InChI is InChI=1S/C10H15NO3S.Na/c1-3-11(4-2)9-6-5-7-10(8-9)15(12,13)14;/h5-8H,3-4H2,1-2H3,(H,12,13,14);/q;+1/p-1. The van der Waals surface area contributed by atoms with Crippen LogP contribution in [0.4, 0.5) is 5.69 Å². The molecule has 0 aromatic heterocycles. The van der Waals surface area contributed by atoms with Crippen LogP contribution in [0.15, 0.2) is 29.2 Å². The summed E-state index contributed by atoms with van der Waals surface area (Å²) in [5.74, 6) is 0. The van der Waals surface area contributed by atoms with E-state index in [0.29, 0.717) is 0 Å². The van der Waals surface area contributed by atoms with Crippen LogP contribution in [0.25, 0.3) is 0 Å². The molecule has 6 heteroatoms. The van der Waals surface area contributed by atoms with E-state index in [1.54, 1.807) is 12.1 Å². The summed E-state index contributed by atoms with van der Waals surface area (Å²) < 4.78 is 32.4. The van der Waals surface area contributed by atoms with Crippen LogP contribution < -0.4 is 34.5 Å². The third-order valence-electron chi connectivity index (χ3n) is 2.23. The predicted molar refractivity (Wildman–Crippen MR) is 58.0 cm³/mol. The van der Waals surface area contributed by atoms with Crippen molar-refractivity contribution in [2.75, 3.05) is 18.0 Å². The molecule has 0 saturated carbocycles. The first-order valence-electron chi connectivity index (χ1n) is 4.80. The van der Waals surface area contributed by atoms with E-state index < -0.39 is 10.1 Å². The number of nitrogens with zero attached hydrogens (tertiary/aromatic N) is 1. The van der Waals surface area contributed by atoms with Gasteiger partial charge in [-0.3, -0.25) is 0 Å². The van der Waals surface area contributed by atoms with E-state index >= 15 is 0 Å². The molecule has 0 aliphatic rings. The first-order valence-corrected chi connectivity index (χ1v) is 6.20. The van der Waals surface area contributed by atoms with Crippen LogP contribution in [-0.4, -0.2) is 26.1 Å². The first-order chi connectivity index (χ1) is 6.99. The van der Waals surface area contributed by atoms with Gasteiger partial charge in [0.05, 0.1) is 4.90 Å². The van der Waals surface area contributed by atoms with E-state index in [1.807, 2.05) is 18.7 Å². The first kappa shape index (κ1) is 15.9. The number of hydrogen-bond donors (Lipinski definition) is 0. The van der Waals surface area contributed by atoms with Crippen molar-refractivity contribution in [1.82, 2.24) is 0 Å². The minimum absolute atomic E-state index is 0. The quantitative estimate of drug-likeness (QED) is 0.480. The Morgan fingerprint density at radius 2 is 1.81 bits per heavy atom. The average molecular weight is 251 g/mol. The summed E-state index contributed by atoms with van der Waals surface area (Å²) >= 11 is 0. The predicted octanol–water partition coefficient (Wildman–Crippen LogP) is -1.56. The molecule has 0 atom stereocenters. The van der Waals surface area contributed by atoms with E-state index in [1.165, 1.54) is 12.1 Å². The van der Waals surface area contributed by atoms with Crippen LogP contribution in [0, 0.1) is 0 Å². The van der Waals surface area contributed by atoms with E-state index in [9.17, 15) is 13.0 Å². The molecule has 1 aromatic rings. The van der Waals surface area contributed by atoms with Gasteiger partial charge in [-0.1, -0.05) is 6.07 Å². The van der Waals surface area contributed by atoms with Crippen LogP contribution >= 0.6 is 0 Å². The molecule has 0 unspecified atom stereocenters. The zero-order valence-electron chi connectivity index (χ0n) is 9.80. The fraction of sp³-hybridized carbons (Fsp3) is 0.400. The van der Waals surface area contributed by atoms with E-state index in [0.717, 1.165) is 18.8 Å². The number of benzene rings is 1. The number of anilines is 1. The number of rotatable bonds is 4. The summed E-state index contributed by atoms with van der Waals surface area (Å²) in [7, 11) is -4.35. The summed E-state index contributed by atoms with van der Waals surface area (Å²) in [6, 6.07) is 6.10. The van der Waals surface area contributed by atoms with Gasteiger partial charge in [0.25, 0.3) is 0 Å². The second-order valence-corrected chi connectivity index (χ2v) is 4.50. The van der Waals surface area contributed by atoms with E-state index in [-0.39, 0.29) is 34.5 Å². The second-order valence-electron chi connectivity index (χ2n) is 3.12. The van der Waals surface area contributed by atoms with Gasteiger partial charge in [0.15, 0.2) is 0 Å². The fourth-order valence-electron chi connectivity index (χ4n) is 1.42. The molecule has 0 bridgehead atoms. The Kier molecular flexibility index (Phi) is 6.58. The van der Waals surface area contributed by atoms with Crippen molar-refractivity contribution in [2.45, 2.75) is 18.7 Å². The molecular formula is C10H14NNaO3S. The van der Waals surface area contributed by atoms with Crippen molar-refractivity contribution in [3.05, 3.63) is 24.3 Å². The summed E-state index contributed by atoms with van der Waals surface area (Å²) in [6.07, 6.45) is 0. The summed E-state index contributed by atoms with van der Waals surface area (Å²) in [5.41, 5.74) is 0.761. The molecule has 0 aliphatic carbocycles. The Morgan fingerprint density at radius 3 is 2.25 bits per heavy atom. The van der Waals surface area contributed by atoms with Gasteiger partial charge < -0.3 is 9.45 Å². The van der Waals surface area contributed by atoms with Gasteiger partial charge in [-0.05, 0) is 32.0 Å².